The van der Waals surface area contributed by atoms with Crippen LogP contribution < -0.4 is 5.32 Å². The molecule has 4 aromatic rings. The molecule has 0 saturated heterocycles. The van der Waals surface area contributed by atoms with E-state index in [0.29, 0.717) is 11.5 Å². The van der Waals surface area contributed by atoms with Crippen LogP contribution in [0.4, 0.5) is 0 Å². The summed E-state index contributed by atoms with van der Waals surface area (Å²) in [7, 11) is 0. The lowest BCUT2D eigenvalue weighted by atomic mass is 9.99. The molecule has 0 aromatic heterocycles. The standard InChI is InChI=1S/C36H33N3/c1-25-13-11-19-31(21-25)34-24-35(32-20-12-14-26(2)22-32)39-36(38-34)28(4)37-33(30-17-9-6-10-18-30)23-27(3)29-15-7-5-8-16-29/h5-24,34H,4H2,1-3H3,(H,38,39)/b27-23+,37-33?. The van der Waals surface area contributed by atoms with Gasteiger partial charge in [-0.1, -0.05) is 121 Å². The van der Waals surface area contributed by atoms with Gasteiger partial charge in [-0.05, 0) is 61.3 Å². The van der Waals surface area contributed by atoms with Gasteiger partial charge in [-0.25, -0.2) is 4.99 Å². The maximum atomic E-state index is 5.08. The van der Waals surface area contributed by atoms with E-state index >= 15 is 0 Å². The van der Waals surface area contributed by atoms with Gasteiger partial charge in [-0.15, -0.1) is 0 Å². The second-order valence-corrected chi connectivity index (χ2v) is 9.91. The van der Waals surface area contributed by atoms with Crippen molar-refractivity contribution in [3.05, 3.63) is 167 Å². The van der Waals surface area contributed by atoms with Crippen LogP contribution in [0.5, 0.6) is 0 Å². The molecule has 1 N–H and O–H groups in total. The van der Waals surface area contributed by atoms with Crippen molar-refractivity contribution in [1.82, 2.24) is 5.32 Å². The number of allylic oxidation sites excluding steroid dienone is 2. The molecule has 192 valence electrons. The van der Waals surface area contributed by atoms with E-state index in [1.807, 2.05) is 24.3 Å². The van der Waals surface area contributed by atoms with E-state index in [2.05, 4.69) is 130 Å². The van der Waals surface area contributed by atoms with Crippen molar-refractivity contribution < 1.29 is 0 Å². The minimum Gasteiger partial charge on any atom is -0.338 e. The minimum atomic E-state index is -0.148. The summed E-state index contributed by atoms with van der Waals surface area (Å²) in [6.45, 7) is 10.7. The van der Waals surface area contributed by atoms with Gasteiger partial charge in [0.1, 0.15) is 0 Å². The lowest BCUT2D eigenvalue weighted by Gasteiger charge is -2.23. The Morgan fingerprint density at radius 3 is 2.10 bits per heavy atom. The number of rotatable bonds is 7. The highest BCUT2D eigenvalue weighted by Crippen LogP contribution is 2.29. The molecule has 5 rings (SSSR count). The molecular formula is C36H33N3. The van der Waals surface area contributed by atoms with E-state index in [1.165, 1.54) is 11.1 Å². The molecule has 0 saturated carbocycles. The summed E-state index contributed by atoms with van der Waals surface area (Å²) in [4.78, 5) is 10.1. The summed E-state index contributed by atoms with van der Waals surface area (Å²) in [5, 5.41) is 3.54. The molecule has 1 aliphatic rings. The monoisotopic (exact) mass is 507 g/mol. The summed E-state index contributed by atoms with van der Waals surface area (Å²) in [6.07, 6.45) is 4.30. The Hall–Kier alpha value is -4.76. The van der Waals surface area contributed by atoms with Gasteiger partial charge in [-0.2, -0.15) is 0 Å². The third-order valence-corrected chi connectivity index (χ3v) is 6.74. The predicted octanol–water partition coefficient (Wildman–Crippen LogP) is 8.49. The molecule has 1 atom stereocenters. The van der Waals surface area contributed by atoms with Crippen molar-refractivity contribution in [3.63, 3.8) is 0 Å². The first-order valence-corrected chi connectivity index (χ1v) is 13.2. The van der Waals surface area contributed by atoms with Crippen LogP contribution in [0.3, 0.4) is 0 Å². The summed E-state index contributed by atoms with van der Waals surface area (Å²) in [6, 6.07) is 37.4. The van der Waals surface area contributed by atoms with Gasteiger partial charge >= 0.3 is 0 Å². The SMILES string of the molecule is C=C(N=C(/C=C(\C)c1ccccc1)c1ccccc1)C1=NC(c2cccc(C)c2)C=C(c2cccc(C)c2)N1. The number of nitrogens with one attached hydrogen (secondary N) is 1. The van der Waals surface area contributed by atoms with Gasteiger partial charge in [-0.3, -0.25) is 4.99 Å². The summed E-state index contributed by atoms with van der Waals surface area (Å²) in [5.41, 5.74) is 10.4. The van der Waals surface area contributed by atoms with Crippen LogP contribution in [-0.2, 0) is 0 Å². The van der Waals surface area contributed by atoms with E-state index in [1.54, 1.807) is 0 Å². The average Bonchev–Trinajstić information content (AvgIpc) is 2.97. The molecule has 1 unspecified atom stereocenters. The second kappa shape index (κ2) is 11.7. The van der Waals surface area contributed by atoms with Gasteiger partial charge in [0, 0.05) is 11.3 Å². The van der Waals surface area contributed by atoms with Gasteiger partial charge in [0.25, 0.3) is 0 Å². The third kappa shape index (κ3) is 6.39. The Kier molecular flexibility index (Phi) is 7.79. The fourth-order valence-electron chi connectivity index (χ4n) is 4.67. The van der Waals surface area contributed by atoms with E-state index in [9.17, 15) is 0 Å². The number of hydrogen-bond donors (Lipinski definition) is 1. The number of nitrogens with zero attached hydrogens (tertiary/aromatic N) is 2. The molecule has 3 heteroatoms. The minimum absolute atomic E-state index is 0.148. The summed E-state index contributed by atoms with van der Waals surface area (Å²) < 4.78 is 0. The van der Waals surface area contributed by atoms with Gasteiger partial charge in [0.05, 0.1) is 17.5 Å². The molecule has 4 aromatic carbocycles. The van der Waals surface area contributed by atoms with E-state index in [4.69, 9.17) is 9.98 Å². The summed E-state index contributed by atoms with van der Waals surface area (Å²) >= 11 is 0. The molecule has 3 nitrogen and oxygen atoms in total. The van der Waals surface area contributed by atoms with Gasteiger partial charge in [0.15, 0.2) is 5.84 Å². The van der Waals surface area contributed by atoms with Crippen LogP contribution in [0.25, 0.3) is 11.3 Å². The quantitative estimate of drug-likeness (QED) is 0.250. The van der Waals surface area contributed by atoms with Crippen LogP contribution in [-0.4, -0.2) is 11.5 Å². The van der Waals surface area contributed by atoms with Crippen LogP contribution in [0, 0.1) is 13.8 Å². The first-order valence-electron chi connectivity index (χ1n) is 13.2. The molecule has 0 radical (unpaired) electrons. The molecule has 1 heterocycles. The van der Waals surface area contributed by atoms with Crippen molar-refractivity contribution in [1.29, 1.82) is 0 Å². The fourth-order valence-corrected chi connectivity index (χ4v) is 4.67. The Labute approximate surface area is 231 Å². The van der Waals surface area contributed by atoms with E-state index < -0.39 is 0 Å². The zero-order valence-electron chi connectivity index (χ0n) is 22.7. The summed E-state index contributed by atoms with van der Waals surface area (Å²) in [5.74, 6) is 0.666. The first-order chi connectivity index (χ1) is 19.0. The molecule has 39 heavy (non-hydrogen) atoms. The van der Waals surface area contributed by atoms with Crippen LogP contribution in [0.2, 0.25) is 0 Å². The maximum Gasteiger partial charge on any atom is 0.152 e. The van der Waals surface area contributed by atoms with Crippen molar-refractivity contribution in [3.8, 4) is 0 Å². The van der Waals surface area contributed by atoms with Crippen molar-refractivity contribution in [2.24, 2.45) is 9.98 Å². The largest absolute Gasteiger partial charge is 0.338 e. The van der Waals surface area contributed by atoms with Crippen molar-refractivity contribution >= 4 is 22.8 Å². The maximum absolute atomic E-state index is 5.08. The number of benzene rings is 4. The number of aryl methyl sites for hydroxylation is 2. The Morgan fingerprint density at radius 2 is 1.44 bits per heavy atom. The lowest BCUT2D eigenvalue weighted by molar-refractivity contribution is 0.876. The number of hydrogen-bond acceptors (Lipinski definition) is 3. The Bertz CT molecular complexity index is 1610. The molecule has 0 spiro atoms. The highest BCUT2D eigenvalue weighted by molar-refractivity contribution is 6.15. The molecule has 0 fully saturated rings. The van der Waals surface area contributed by atoms with Crippen LogP contribution in [0.15, 0.2) is 144 Å². The smallest absolute Gasteiger partial charge is 0.152 e. The highest BCUT2D eigenvalue weighted by Gasteiger charge is 2.20. The third-order valence-electron chi connectivity index (χ3n) is 6.74. The van der Waals surface area contributed by atoms with Crippen LogP contribution in [0.1, 0.15) is 46.3 Å². The van der Waals surface area contributed by atoms with E-state index in [-0.39, 0.29) is 6.04 Å². The molecule has 1 aliphatic heterocycles. The normalized spacial score (nSPS) is 15.7. The highest BCUT2D eigenvalue weighted by atomic mass is 15.1. The first kappa shape index (κ1) is 25.9. The zero-order chi connectivity index (χ0) is 27.2. The molecular weight excluding hydrogens is 474 g/mol. The molecule has 0 bridgehead atoms. The Morgan fingerprint density at radius 1 is 0.795 bits per heavy atom. The topological polar surface area (TPSA) is 36.8 Å². The van der Waals surface area contributed by atoms with E-state index in [0.717, 1.165) is 39.2 Å². The number of aliphatic imine (C=N–C) groups is 2. The molecule has 0 aliphatic carbocycles. The predicted molar refractivity (Wildman–Crippen MR) is 166 cm³/mol. The second-order valence-electron chi connectivity index (χ2n) is 9.91. The lowest BCUT2D eigenvalue weighted by Crippen LogP contribution is -2.28. The number of amidine groups is 1. The van der Waals surface area contributed by atoms with Gasteiger partial charge < -0.3 is 5.32 Å². The van der Waals surface area contributed by atoms with Crippen molar-refractivity contribution in [2.45, 2.75) is 26.8 Å². The fraction of sp³-hybridized carbons (Fsp3) is 0.111. The Balaban J connectivity index is 1.56. The molecule has 0 amide bonds. The zero-order valence-corrected chi connectivity index (χ0v) is 22.7. The van der Waals surface area contributed by atoms with Crippen molar-refractivity contribution in [2.75, 3.05) is 0 Å². The average molecular weight is 508 g/mol. The van der Waals surface area contributed by atoms with Crippen LogP contribution >= 0.6 is 0 Å². The van der Waals surface area contributed by atoms with Gasteiger partial charge in [0.2, 0.25) is 0 Å².